The summed E-state index contributed by atoms with van der Waals surface area (Å²) in [4.78, 5) is 2.17. The predicted molar refractivity (Wildman–Crippen MR) is 90.7 cm³/mol. The molecule has 0 fully saturated rings. The van der Waals surface area contributed by atoms with Crippen LogP contribution in [0, 0.1) is 0 Å². The van der Waals surface area contributed by atoms with E-state index in [1.165, 1.54) is 11.4 Å². The van der Waals surface area contributed by atoms with Crippen LogP contribution in [0.1, 0.15) is 0 Å². The molecule has 0 saturated carbocycles. The molecular formula is C19H18N2. The molecule has 21 heavy (non-hydrogen) atoms. The molecule has 0 heterocycles. The first-order chi connectivity index (χ1) is 10.3. The Morgan fingerprint density at radius 2 is 1.05 bits per heavy atom. The van der Waals surface area contributed by atoms with E-state index < -0.39 is 0 Å². The van der Waals surface area contributed by atoms with Crippen LogP contribution in [0.2, 0.25) is 0 Å². The quantitative estimate of drug-likeness (QED) is 0.703. The Bertz CT molecular complexity index is 676. The van der Waals surface area contributed by atoms with Crippen molar-refractivity contribution in [2.24, 2.45) is 0 Å². The monoisotopic (exact) mass is 274 g/mol. The summed E-state index contributed by atoms with van der Waals surface area (Å²) in [6, 6.07) is 29.0. The summed E-state index contributed by atoms with van der Waals surface area (Å²) in [7, 11) is 2.08. The van der Waals surface area contributed by atoms with E-state index in [1.54, 1.807) is 0 Å². The number of nitrogens with one attached hydrogen (secondary N) is 1. The van der Waals surface area contributed by atoms with E-state index in [2.05, 4.69) is 77.9 Å². The van der Waals surface area contributed by atoms with Gasteiger partial charge in [-0.05, 0) is 48.5 Å². The maximum absolute atomic E-state index is 3.39. The molecule has 1 N–H and O–H groups in total. The number of nitrogens with zero attached hydrogens (tertiary/aromatic N) is 1. The lowest BCUT2D eigenvalue weighted by atomic mass is 10.2. The highest BCUT2D eigenvalue weighted by Gasteiger charge is 2.03. The highest BCUT2D eigenvalue weighted by atomic mass is 15.1. The molecule has 2 nitrogen and oxygen atoms in total. The number of benzene rings is 3. The normalized spacial score (nSPS) is 10.1. The van der Waals surface area contributed by atoms with E-state index in [0.717, 1.165) is 11.4 Å². The van der Waals surface area contributed by atoms with Gasteiger partial charge in [0.1, 0.15) is 0 Å². The van der Waals surface area contributed by atoms with Crippen molar-refractivity contribution in [2.75, 3.05) is 17.3 Å². The van der Waals surface area contributed by atoms with Gasteiger partial charge in [-0.25, -0.2) is 0 Å². The van der Waals surface area contributed by atoms with Crippen molar-refractivity contribution in [1.29, 1.82) is 0 Å². The summed E-state index contributed by atoms with van der Waals surface area (Å²) < 4.78 is 0. The van der Waals surface area contributed by atoms with Crippen LogP contribution in [0.5, 0.6) is 0 Å². The van der Waals surface area contributed by atoms with E-state index in [0.29, 0.717) is 0 Å². The third-order valence-corrected chi connectivity index (χ3v) is 3.46. The van der Waals surface area contributed by atoms with Crippen LogP contribution in [-0.2, 0) is 0 Å². The molecule has 0 aliphatic rings. The van der Waals surface area contributed by atoms with Crippen LogP contribution < -0.4 is 10.2 Å². The molecule has 0 radical (unpaired) electrons. The van der Waals surface area contributed by atoms with Crippen molar-refractivity contribution < 1.29 is 0 Å². The van der Waals surface area contributed by atoms with Gasteiger partial charge in [0.2, 0.25) is 0 Å². The number of hydrogen-bond acceptors (Lipinski definition) is 2. The molecule has 3 aromatic rings. The Balaban J connectivity index is 1.75. The fourth-order valence-corrected chi connectivity index (χ4v) is 2.26. The lowest BCUT2D eigenvalue weighted by Gasteiger charge is -2.19. The number of para-hydroxylation sites is 2. The molecule has 0 aromatic heterocycles. The first-order valence-corrected chi connectivity index (χ1v) is 7.04. The average Bonchev–Trinajstić information content (AvgIpc) is 2.57. The summed E-state index contributed by atoms with van der Waals surface area (Å²) in [6.07, 6.45) is 0. The second-order valence-corrected chi connectivity index (χ2v) is 4.93. The van der Waals surface area contributed by atoms with Crippen LogP contribution in [0.3, 0.4) is 0 Å². The Hall–Kier alpha value is -2.74. The number of rotatable bonds is 4. The molecule has 3 aromatic carbocycles. The SMILES string of the molecule is CN(c1ccccc1)c1ccc(Nc2ccccc2)cc1. The molecule has 3 rings (SSSR count). The summed E-state index contributed by atoms with van der Waals surface area (Å²) in [5.41, 5.74) is 4.54. The molecule has 2 heteroatoms. The maximum atomic E-state index is 3.39. The second-order valence-electron chi connectivity index (χ2n) is 4.93. The van der Waals surface area contributed by atoms with Gasteiger partial charge in [-0.1, -0.05) is 36.4 Å². The minimum atomic E-state index is 1.09. The summed E-state index contributed by atoms with van der Waals surface area (Å²) in [5, 5.41) is 3.39. The molecule has 0 bridgehead atoms. The van der Waals surface area contributed by atoms with Crippen molar-refractivity contribution in [3.8, 4) is 0 Å². The molecular weight excluding hydrogens is 256 g/mol. The fraction of sp³-hybridized carbons (Fsp3) is 0.0526. The Kier molecular flexibility index (Phi) is 3.88. The fourth-order valence-electron chi connectivity index (χ4n) is 2.26. The van der Waals surface area contributed by atoms with E-state index in [1.807, 2.05) is 24.3 Å². The van der Waals surface area contributed by atoms with Gasteiger partial charge in [-0.15, -0.1) is 0 Å². The summed E-state index contributed by atoms with van der Waals surface area (Å²) >= 11 is 0. The molecule has 0 amide bonds. The Labute approximate surface area is 125 Å². The summed E-state index contributed by atoms with van der Waals surface area (Å²) in [5.74, 6) is 0. The van der Waals surface area contributed by atoms with Crippen molar-refractivity contribution in [2.45, 2.75) is 0 Å². The van der Waals surface area contributed by atoms with Crippen LogP contribution in [0.4, 0.5) is 22.7 Å². The number of hydrogen-bond donors (Lipinski definition) is 1. The van der Waals surface area contributed by atoms with Crippen molar-refractivity contribution >= 4 is 22.7 Å². The topological polar surface area (TPSA) is 15.3 Å². The largest absolute Gasteiger partial charge is 0.356 e. The standard InChI is InChI=1S/C19H18N2/c1-21(18-10-6-3-7-11-18)19-14-12-17(13-15-19)20-16-8-4-2-5-9-16/h2-15,20H,1H3. The van der Waals surface area contributed by atoms with Crippen LogP contribution in [0.25, 0.3) is 0 Å². The van der Waals surface area contributed by atoms with Crippen LogP contribution in [0.15, 0.2) is 84.9 Å². The first-order valence-electron chi connectivity index (χ1n) is 7.04. The minimum absolute atomic E-state index is 1.09. The second kappa shape index (κ2) is 6.14. The van der Waals surface area contributed by atoms with Crippen molar-refractivity contribution in [3.05, 3.63) is 84.9 Å². The lowest BCUT2D eigenvalue weighted by Crippen LogP contribution is -2.08. The van der Waals surface area contributed by atoms with Gasteiger partial charge in [-0.2, -0.15) is 0 Å². The molecule has 0 aliphatic heterocycles. The van der Waals surface area contributed by atoms with E-state index >= 15 is 0 Å². The highest BCUT2D eigenvalue weighted by Crippen LogP contribution is 2.25. The average molecular weight is 274 g/mol. The zero-order valence-corrected chi connectivity index (χ0v) is 12.0. The van der Waals surface area contributed by atoms with Crippen LogP contribution >= 0.6 is 0 Å². The molecule has 0 unspecified atom stereocenters. The predicted octanol–water partition coefficient (Wildman–Crippen LogP) is 5.20. The van der Waals surface area contributed by atoms with Crippen molar-refractivity contribution in [3.63, 3.8) is 0 Å². The van der Waals surface area contributed by atoms with Gasteiger partial charge in [0.15, 0.2) is 0 Å². The van der Waals surface area contributed by atoms with E-state index in [9.17, 15) is 0 Å². The summed E-state index contributed by atoms with van der Waals surface area (Å²) in [6.45, 7) is 0. The Morgan fingerprint density at radius 1 is 0.571 bits per heavy atom. The van der Waals surface area contributed by atoms with Gasteiger partial charge in [0.05, 0.1) is 0 Å². The van der Waals surface area contributed by atoms with Crippen LogP contribution in [-0.4, -0.2) is 7.05 Å². The number of anilines is 4. The lowest BCUT2D eigenvalue weighted by molar-refractivity contribution is 1.21. The Morgan fingerprint density at radius 3 is 1.67 bits per heavy atom. The van der Waals surface area contributed by atoms with E-state index in [-0.39, 0.29) is 0 Å². The smallest absolute Gasteiger partial charge is 0.0409 e. The van der Waals surface area contributed by atoms with Gasteiger partial charge in [-0.3, -0.25) is 0 Å². The molecule has 104 valence electrons. The maximum Gasteiger partial charge on any atom is 0.0409 e. The molecule has 0 aliphatic carbocycles. The first kappa shape index (κ1) is 13.3. The van der Waals surface area contributed by atoms with Gasteiger partial charge in [0.25, 0.3) is 0 Å². The third kappa shape index (κ3) is 3.23. The minimum Gasteiger partial charge on any atom is -0.356 e. The molecule has 0 saturated heterocycles. The zero-order valence-electron chi connectivity index (χ0n) is 12.0. The van der Waals surface area contributed by atoms with Gasteiger partial charge < -0.3 is 10.2 Å². The van der Waals surface area contributed by atoms with Gasteiger partial charge in [0, 0.05) is 29.8 Å². The van der Waals surface area contributed by atoms with Crippen molar-refractivity contribution in [1.82, 2.24) is 0 Å². The molecule has 0 spiro atoms. The molecule has 0 atom stereocenters. The zero-order chi connectivity index (χ0) is 14.5. The van der Waals surface area contributed by atoms with E-state index in [4.69, 9.17) is 0 Å². The third-order valence-electron chi connectivity index (χ3n) is 3.46. The van der Waals surface area contributed by atoms with Gasteiger partial charge >= 0.3 is 0 Å². The highest BCUT2D eigenvalue weighted by molar-refractivity contribution is 5.67.